The Morgan fingerprint density at radius 1 is 0.885 bits per heavy atom. The van der Waals surface area contributed by atoms with Gasteiger partial charge in [0.15, 0.2) is 0 Å². The van der Waals surface area contributed by atoms with Gasteiger partial charge in [0.05, 0.1) is 21.8 Å². The van der Waals surface area contributed by atoms with Crippen LogP contribution in [0.25, 0.3) is 10.4 Å². The summed E-state index contributed by atoms with van der Waals surface area (Å²) in [7, 11) is 0. The smallest absolute Gasteiger partial charge is 0.265 e. The maximum Gasteiger partial charge on any atom is 0.265 e. The number of benzene rings is 3. The van der Waals surface area contributed by atoms with Crippen molar-refractivity contribution < 1.29 is 23.5 Å². The number of fused-ring (bicyclic) bond motifs is 3. The van der Waals surface area contributed by atoms with Crippen LogP contribution in [0.3, 0.4) is 0 Å². The molecule has 2 fully saturated rings. The number of nitrogens with zero attached hydrogens (tertiary/aromatic N) is 3. The zero-order valence-corrected chi connectivity index (χ0v) is 29.8. The van der Waals surface area contributed by atoms with Crippen molar-refractivity contribution in [2.45, 2.75) is 33.1 Å². The van der Waals surface area contributed by atoms with Gasteiger partial charge in [-0.3, -0.25) is 14.4 Å². The van der Waals surface area contributed by atoms with Gasteiger partial charge in [0, 0.05) is 65.6 Å². The van der Waals surface area contributed by atoms with Crippen molar-refractivity contribution in [3.63, 3.8) is 0 Å². The first kappa shape index (κ1) is 33.7. The first-order valence-electron chi connectivity index (χ1n) is 17.5. The highest BCUT2D eigenvalue weighted by Crippen LogP contribution is 2.44. The molecule has 0 saturated carbocycles. The Balaban J connectivity index is 0.974. The number of halogens is 1. The van der Waals surface area contributed by atoms with E-state index in [0.717, 1.165) is 66.5 Å². The van der Waals surface area contributed by atoms with Gasteiger partial charge in [0.25, 0.3) is 17.7 Å². The molecule has 2 N–H and O–H groups in total. The number of thiophene rings is 1. The third-order valence-corrected chi connectivity index (χ3v) is 11.5. The van der Waals surface area contributed by atoms with Gasteiger partial charge in [-0.25, -0.2) is 9.37 Å². The Morgan fingerprint density at radius 3 is 2.42 bits per heavy atom. The molecular weight excluding hydrogens is 678 g/mol. The van der Waals surface area contributed by atoms with Gasteiger partial charge >= 0.3 is 0 Å². The minimum Gasteiger partial charge on any atom is -0.381 e. The summed E-state index contributed by atoms with van der Waals surface area (Å²) in [5.74, 6) is -0.576. The number of nitrogens with one attached hydrogen (secondary N) is 2. The highest BCUT2D eigenvalue weighted by atomic mass is 32.1. The lowest BCUT2D eigenvalue weighted by Gasteiger charge is -2.53. The van der Waals surface area contributed by atoms with Gasteiger partial charge in [0.2, 0.25) is 0 Å². The molecule has 0 unspecified atom stereocenters. The van der Waals surface area contributed by atoms with Crippen molar-refractivity contribution in [2.75, 3.05) is 53.3 Å². The standard InChI is InChI=1S/C41H38FN5O4S/c1-25-6-5-8-32(42)35(25)45-39(49)34-22-28-16-19-47(33-9-4-3-7-30(33)36(28)52-34)40(50)27-11-13-29(14-12-27)44-38(48)31-15-10-26(2)43-37(31)46-23-41(24-46)17-20-51-21-18-41/h3-15,22H,16-21,23-24H2,1-2H3,(H,44,48)(H,45,49). The molecule has 0 aliphatic carbocycles. The molecule has 1 spiro atoms. The molecule has 2 saturated heterocycles. The van der Waals surface area contributed by atoms with Crippen LogP contribution >= 0.6 is 11.3 Å². The predicted molar refractivity (Wildman–Crippen MR) is 202 cm³/mol. The van der Waals surface area contributed by atoms with Crippen molar-refractivity contribution in [1.29, 1.82) is 0 Å². The summed E-state index contributed by atoms with van der Waals surface area (Å²) < 4.78 is 20.0. The third kappa shape index (κ3) is 6.35. The van der Waals surface area contributed by atoms with Crippen LogP contribution in [-0.4, -0.2) is 55.6 Å². The van der Waals surface area contributed by atoms with Crippen LogP contribution in [0.4, 0.5) is 27.3 Å². The quantitative estimate of drug-likeness (QED) is 0.185. The van der Waals surface area contributed by atoms with Crippen molar-refractivity contribution in [1.82, 2.24) is 4.98 Å². The van der Waals surface area contributed by atoms with Gasteiger partial charge in [-0.05, 0) is 98.8 Å². The number of hydrogen-bond donors (Lipinski definition) is 2. The van der Waals surface area contributed by atoms with E-state index in [1.54, 1.807) is 48.2 Å². The average Bonchev–Trinajstić information content (AvgIpc) is 3.50. The van der Waals surface area contributed by atoms with Gasteiger partial charge in [0.1, 0.15) is 11.6 Å². The van der Waals surface area contributed by atoms with Gasteiger partial charge in [-0.1, -0.05) is 30.3 Å². The summed E-state index contributed by atoms with van der Waals surface area (Å²) in [4.78, 5) is 50.9. The molecule has 11 heteroatoms. The summed E-state index contributed by atoms with van der Waals surface area (Å²) >= 11 is 1.33. The second-order valence-electron chi connectivity index (χ2n) is 13.9. The first-order valence-corrected chi connectivity index (χ1v) is 18.3. The molecule has 0 radical (unpaired) electrons. The topological polar surface area (TPSA) is 104 Å². The van der Waals surface area contributed by atoms with Crippen molar-refractivity contribution >= 4 is 51.9 Å². The number of rotatable bonds is 6. The van der Waals surface area contributed by atoms with E-state index in [1.807, 2.05) is 49.4 Å². The van der Waals surface area contributed by atoms with Crippen molar-refractivity contribution in [2.24, 2.45) is 5.41 Å². The normalized spacial score (nSPS) is 16.0. The van der Waals surface area contributed by atoms with Crippen LogP contribution in [-0.2, 0) is 11.2 Å². The van der Waals surface area contributed by atoms with E-state index >= 15 is 0 Å². The Morgan fingerprint density at radius 2 is 1.65 bits per heavy atom. The number of carbonyl (C=O) groups is 3. The second-order valence-corrected chi connectivity index (χ2v) is 15.0. The van der Waals surface area contributed by atoms with Crippen LogP contribution in [0.2, 0.25) is 0 Å². The fourth-order valence-corrected chi connectivity index (χ4v) is 8.57. The number of ether oxygens (including phenoxy) is 1. The molecule has 3 aromatic carbocycles. The number of amides is 3. The zero-order chi connectivity index (χ0) is 36.0. The molecule has 0 atom stereocenters. The summed E-state index contributed by atoms with van der Waals surface area (Å²) in [5, 5.41) is 5.75. The molecular formula is C41H38FN5O4S. The molecule has 52 heavy (non-hydrogen) atoms. The number of carbonyl (C=O) groups excluding carboxylic acids is 3. The van der Waals surface area contributed by atoms with E-state index in [9.17, 15) is 18.8 Å². The number of anilines is 4. The number of aryl methyl sites for hydroxylation is 2. The second kappa shape index (κ2) is 13.6. The Kier molecular flexibility index (Phi) is 8.84. The first-order chi connectivity index (χ1) is 25.2. The minimum atomic E-state index is -0.482. The van der Waals surface area contributed by atoms with E-state index in [2.05, 4.69) is 15.5 Å². The van der Waals surface area contributed by atoms with Gasteiger partial charge in [-0.2, -0.15) is 0 Å². The lowest BCUT2D eigenvalue weighted by Crippen LogP contribution is -2.59. The minimum absolute atomic E-state index is 0.168. The Labute approximate surface area is 305 Å². The van der Waals surface area contributed by atoms with Gasteiger partial charge < -0.3 is 25.2 Å². The fraction of sp³-hybridized carbons (Fsp3) is 0.268. The van der Waals surface area contributed by atoms with E-state index in [4.69, 9.17) is 9.72 Å². The zero-order valence-electron chi connectivity index (χ0n) is 29.0. The largest absolute Gasteiger partial charge is 0.381 e. The average molecular weight is 716 g/mol. The molecule has 3 aliphatic rings. The van der Waals surface area contributed by atoms with Crippen LogP contribution in [0.15, 0.2) is 84.9 Å². The number of aromatic nitrogens is 1. The highest BCUT2D eigenvalue weighted by Gasteiger charge is 2.45. The Hall–Kier alpha value is -5.39. The van der Waals surface area contributed by atoms with Crippen LogP contribution < -0.4 is 20.4 Å². The lowest BCUT2D eigenvalue weighted by atomic mass is 9.73. The monoisotopic (exact) mass is 715 g/mol. The van der Waals surface area contributed by atoms with E-state index in [-0.39, 0.29) is 28.8 Å². The highest BCUT2D eigenvalue weighted by molar-refractivity contribution is 7.17. The maximum absolute atomic E-state index is 14.5. The molecule has 2 aromatic heterocycles. The summed E-state index contributed by atoms with van der Waals surface area (Å²) in [6.45, 7) is 7.37. The van der Waals surface area contributed by atoms with E-state index in [0.29, 0.717) is 46.0 Å². The number of pyridine rings is 1. The molecule has 3 aliphatic heterocycles. The summed E-state index contributed by atoms with van der Waals surface area (Å²) in [6.07, 6.45) is 2.58. The van der Waals surface area contributed by atoms with Crippen LogP contribution in [0.1, 0.15) is 60.1 Å². The Bertz CT molecular complexity index is 2180. The maximum atomic E-state index is 14.5. The fourth-order valence-electron chi connectivity index (χ4n) is 7.43. The van der Waals surface area contributed by atoms with Crippen molar-refractivity contribution in [3.05, 3.63) is 124 Å². The molecule has 8 rings (SSSR count). The van der Waals surface area contributed by atoms with E-state index < -0.39 is 5.82 Å². The third-order valence-electron chi connectivity index (χ3n) is 10.3. The summed E-state index contributed by atoms with van der Waals surface area (Å²) in [5.41, 5.74) is 6.04. The molecule has 9 nitrogen and oxygen atoms in total. The molecule has 264 valence electrons. The van der Waals surface area contributed by atoms with Crippen LogP contribution in [0.5, 0.6) is 0 Å². The molecule has 3 amide bonds. The van der Waals surface area contributed by atoms with Crippen LogP contribution in [0, 0.1) is 25.1 Å². The summed E-state index contributed by atoms with van der Waals surface area (Å²) in [6, 6.07) is 24.8. The molecule has 5 aromatic rings. The number of hydrogen-bond acceptors (Lipinski definition) is 7. The molecule has 5 heterocycles. The predicted octanol–water partition coefficient (Wildman–Crippen LogP) is 7.89. The van der Waals surface area contributed by atoms with Gasteiger partial charge in [-0.15, -0.1) is 11.3 Å². The van der Waals surface area contributed by atoms with E-state index in [1.165, 1.54) is 17.4 Å². The van der Waals surface area contributed by atoms with Crippen molar-refractivity contribution in [3.8, 4) is 10.4 Å². The SMILES string of the molecule is Cc1ccc(C(=O)Nc2ccc(C(=O)N3CCc4cc(C(=O)Nc5c(C)cccc5F)sc4-c4ccccc43)cc2)c(N2CC3(CCOCC3)C2)n1. The molecule has 0 bridgehead atoms. The number of para-hydroxylation sites is 2. The lowest BCUT2D eigenvalue weighted by molar-refractivity contribution is -0.000519.